The van der Waals surface area contributed by atoms with Crippen LogP contribution in [0, 0.1) is 0 Å². The van der Waals surface area contributed by atoms with Crippen molar-refractivity contribution in [3.8, 4) is 0 Å². The van der Waals surface area contributed by atoms with Gasteiger partial charge in [-0.05, 0) is 22.0 Å². The summed E-state index contributed by atoms with van der Waals surface area (Å²) in [5, 5.41) is 4.09. The van der Waals surface area contributed by atoms with E-state index in [0.717, 1.165) is 36.6 Å². The van der Waals surface area contributed by atoms with E-state index in [2.05, 4.69) is 45.0 Å². The van der Waals surface area contributed by atoms with E-state index in [4.69, 9.17) is 16.3 Å². The number of rotatable bonds is 4. The Hall–Kier alpha value is -0.360. The molecule has 1 unspecified atom stereocenters. The Morgan fingerprint density at radius 2 is 2.42 bits per heavy atom. The van der Waals surface area contributed by atoms with Crippen molar-refractivity contribution in [3.63, 3.8) is 0 Å². The van der Waals surface area contributed by atoms with Gasteiger partial charge in [-0.1, -0.05) is 25.4 Å². The first-order valence-corrected chi connectivity index (χ1v) is 7.64. The van der Waals surface area contributed by atoms with E-state index in [1.807, 2.05) is 6.07 Å². The van der Waals surface area contributed by atoms with Gasteiger partial charge in [0, 0.05) is 25.3 Å². The highest BCUT2D eigenvalue weighted by atomic mass is 79.9. The van der Waals surface area contributed by atoms with Crippen LogP contribution in [0.3, 0.4) is 0 Å². The standard InChI is InChI=1S/C13H19BrClN3O/c1-9(2)16-7-11-8-19-4-3-18(11)13-12(14)5-10(15)6-17-13/h5-6,9,11,16H,3-4,7-8H2,1-2H3. The smallest absolute Gasteiger partial charge is 0.143 e. The molecule has 1 aliphatic rings. The molecule has 106 valence electrons. The van der Waals surface area contributed by atoms with E-state index in [-0.39, 0.29) is 0 Å². The zero-order chi connectivity index (χ0) is 13.8. The summed E-state index contributed by atoms with van der Waals surface area (Å²) in [7, 11) is 0. The second kappa shape index (κ2) is 6.88. The Kier molecular flexibility index (Phi) is 5.45. The molecule has 2 rings (SSSR count). The van der Waals surface area contributed by atoms with Crippen LogP contribution in [0.1, 0.15) is 13.8 Å². The van der Waals surface area contributed by atoms with Gasteiger partial charge in [-0.15, -0.1) is 0 Å². The molecule has 0 bridgehead atoms. The average molecular weight is 349 g/mol. The van der Waals surface area contributed by atoms with Crippen LogP contribution in [-0.2, 0) is 4.74 Å². The highest BCUT2D eigenvalue weighted by Crippen LogP contribution is 2.28. The fourth-order valence-electron chi connectivity index (χ4n) is 2.09. The molecule has 0 spiro atoms. The van der Waals surface area contributed by atoms with Crippen molar-refractivity contribution in [2.24, 2.45) is 0 Å². The zero-order valence-electron chi connectivity index (χ0n) is 11.2. The van der Waals surface area contributed by atoms with E-state index in [1.54, 1.807) is 6.20 Å². The average Bonchev–Trinajstić information content (AvgIpc) is 2.37. The summed E-state index contributed by atoms with van der Waals surface area (Å²) in [6.45, 7) is 7.46. The maximum Gasteiger partial charge on any atom is 0.143 e. The molecule has 1 saturated heterocycles. The van der Waals surface area contributed by atoms with Gasteiger partial charge in [-0.2, -0.15) is 0 Å². The predicted octanol–water partition coefficient (Wildman–Crippen LogP) is 2.70. The number of nitrogens with one attached hydrogen (secondary N) is 1. The van der Waals surface area contributed by atoms with E-state index in [1.165, 1.54) is 0 Å². The van der Waals surface area contributed by atoms with Crippen LogP contribution in [0.25, 0.3) is 0 Å². The van der Waals surface area contributed by atoms with Gasteiger partial charge < -0.3 is 15.0 Å². The number of morpholine rings is 1. The first kappa shape index (κ1) is 15.0. The lowest BCUT2D eigenvalue weighted by molar-refractivity contribution is 0.0927. The van der Waals surface area contributed by atoms with Crippen LogP contribution in [0.2, 0.25) is 5.02 Å². The molecular weight excluding hydrogens is 330 g/mol. The third-order valence-electron chi connectivity index (χ3n) is 3.05. The van der Waals surface area contributed by atoms with Gasteiger partial charge in [0.25, 0.3) is 0 Å². The fraction of sp³-hybridized carbons (Fsp3) is 0.615. The highest BCUT2D eigenvalue weighted by molar-refractivity contribution is 9.10. The Bertz CT molecular complexity index is 430. The summed E-state index contributed by atoms with van der Waals surface area (Å²) in [5.74, 6) is 0.934. The Morgan fingerprint density at radius 1 is 1.63 bits per heavy atom. The minimum absolute atomic E-state index is 0.293. The Labute approximate surface area is 127 Å². The molecule has 2 heterocycles. The minimum atomic E-state index is 0.293. The number of aromatic nitrogens is 1. The van der Waals surface area contributed by atoms with Crippen molar-refractivity contribution >= 4 is 33.3 Å². The molecular formula is C13H19BrClN3O. The molecule has 0 aromatic carbocycles. The number of nitrogens with zero attached hydrogens (tertiary/aromatic N) is 2. The van der Waals surface area contributed by atoms with Crippen LogP contribution < -0.4 is 10.2 Å². The Balaban J connectivity index is 2.14. The number of ether oxygens (including phenoxy) is 1. The van der Waals surface area contributed by atoms with Crippen molar-refractivity contribution in [2.75, 3.05) is 31.2 Å². The van der Waals surface area contributed by atoms with Gasteiger partial charge in [0.1, 0.15) is 5.82 Å². The quantitative estimate of drug-likeness (QED) is 0.908. The van der Waals surface area contributed by atoms with Gasteiger partial charge in [-0.3, -0.25) is 0 Å². The molecule has 19 heavy (non-hydrogen) atoms. The molecule has 0 amide bonds. The molecule has 0 saturated carbocycles. The largest absolute Gasteiger partial charge is 0.377 e. The molecule has 4 nitrogen and oxygen atoms in total. The number of hydrogen-bond donors (Lipinski definition) is 1. The number of halogens is 2. The van der Waals surface area contributed by atoms with E-state index in [9.17, 15) is 0 Å². The Morgan fingerprint density at radius 3 is 3.11 bits per heavy atom. The monoisotopic (exact) mass is 347 g/mol. The van der Waals surface area contributed by atoms with Crippen molar-refractivity contribution in [1.29, 1.82) is 0 Å². The molecule has 1 aromatic rings. The SMILES string of the molecule is CC(C)NCC1COCCN1c1ncc(Cl)cc1Br. The first-order chi connectivity index (χ1) is 9.08. The van der Waals surface area contributed by atoms with Crippen molar-refractivity contribution in [2.45, 2.75) is 25.9 Å². The number of hydrogen-bond acceptors (Lipinski definition) is 4. The molecule has 0 aliphatic carbocycles. The molecule has 1 fully saturated rings. The van der Waals surface area contributed by atoms with Gasteiger partial charge in [0.2, 0.25) is 0 Å². The molecule has 1 N–H and O–H groups in total. The van der Waals surface area contributed by atoms with Gasteiger partial charge in [0.05, 0.1) is 28.8 Å². The molecule has 6 heteroatoms. The van der Waals surface area contributed by atoms with Gasteiger partial charge in [0.15, 0.2) is 0 Å². The minimum Gasteiger partial charge on any atom is -0.377 e. The number of pyridine rings is 1. The van der Waals surface area contributed by atoms with E-state index >= 15 is 0 Å². The molecule has 1 aliphatic heterocycles. The molecule has 0 radical (unpaired) electrons. The maximum absolute atomic E-state index is 5.95. The summed E-state index contributed by atoms with van der Waals surface area (Å²) >= 11 is 9.49. The summed E-state index contributed by atoms with van der Waals surface area (Å²) < 4.78 is 6.51. The summed E-state index contributed by atoms with van der Waals surface area (Å²) in [4.78, 5) is 6.72. The fourth-order valence-corrected chi connectivity index (χ4v) is 2.96. The summed E-state index contributed by atoms with van der Waals surface area (Å²) in [6.07, 6.45) is 1.68. The lowest BCUT2D eigenvalue weighted by atomic mass is 10.2. The lowest BCUT2D eigenvalue weighted by Crippen LogP contribution is -2.51. The maximum atomic E-state index is 5.95. The van der Waals surface area contributed by atoms with Crippen molar-refractivity contribution in [1.82, 2.24) is 10.3 Å². The predicted molar refractivity (Wildman–Crippen MR) is 82.0 cm³/mol. The van der Waals surface area contributed by atoms with E-state index in [0.29, 0.717) is 17.1 Å². The third-order valence-corrected chi connectivity index (χ3v) is 3.84. The van der Waals surface area contributed by atoms with E-state index < -0.39 is 0 Å². The topological polar surface area (TPSA) is 37.4 Å². The first-order valence-electron chi connectivity index (χ1n) is 6.46. The number of anilines is 1. The lowest BCUT2D eigenvalue weighted by Gasteiger charge is -2.37. The normalized spacial score (nSPS) is 20.1. The van der Waals surface area contributed by atoms with Gasteiger partial charge in [-0.25, -0.2) is 4.98 Å². The van der Waals surface area contributed by atoms with Crippen molar-refractivity contribution < 1.29 is 4.74 Å². The second-order valence-electron chi connectivity index (χ2n) is 4.94. The van der Waals surface area contributed by atoms with Crippen LogP contribution in [0.15, 0.2) is 16.7 Å². The molecule has 1 aromatic heterocycles. The molecule has 1 atom stereocenters. The van der Waals surface area contributed by atoms with Crippen LogP contribution >= 0.6 is 27.5 Å². The summed E-state index contributed by atoms with van der Waals surface area (Å²) in [6, 6.07) is 2.64. The zero-order valence-corrected chi connectivity index (χ0v) is 13.5. The van der Waals surface area contributed by atoms with Gasteiger partial charge >= 0.3 is 0 Å². The van der Waals surface area contributed by atoms with Crippen LogP contribution in [0.4, 0.5) is 5.82 Å². The van der Waals surface area contributed by atoms with Crippen molar-refractivity contribution in [3.05, 3.63) is 21.8 Å². The highest BCUT2D eigenvalue weighted by Gasteiger charge is 2.25. The van der Waals surface area contributed by atoms with Crippen LogP contribution in [0.5, 0.6) is 0 Å². The third kappa shape index (κ3) is 4.05. The second-order valence-corrected chi connectivity index (χ2v) is 6.23. The summed E-state index contributed by atoms with van der Waals surface area (Å²) in [5.41, 5.74) is 0. The van der Waals surface area contributed by atoms with Crippen LogP contribution in [-0.4, -0.2) is 43.4 Å².